The first kappa shape index (κ1) is 18.4. The van der Waals surface area contributed by atoms with Crippen molar-refractivity contribution in [3.63, 3.8) is 0 Å². The summed E-state index contributed by atoms with van der Waals surface area (Å²) in [6, 6.07) is -0.151. The fourth-order valence-electron chi connectivity index (χ4n) is 2.31. The zero-order chi connectivity index (χ0) is 14.7. The number of amides is 1. The van der Waals surface area contributed by atoms with E-state index in [-0.39, 0.29) is 11.9 Å². The molecule has 1 amide bonds. The van der Waals surface area contributed by atoms with Gasteiger partial charge in [-0.25, -0.2) is 0 Å². The lowest BCUT2D eigenvalue weighted by molar-refractivity contribution is -0.136. The van der Waals surface area contributed by atoms with Crippen LogP contribution in [-0.4, -0.2) is 39.0 Å². The first-order valence-corrected chi connectivity index (χ1v) is 7.14. The van der Waals surface area contributed by atoms with Crippen LogP contribution in [0.3, 0.4) is 0 Å². The molecule has 2 atom stereocenters. The summed E-state index contributed by atoms with van der Waals surface area (Å²) in [6.45, 7) is 4.73. The largest absolute Gasteiger partial charge is 0.354 e. The average molecular weight is 274 g/mol. The first-order valence-electron chi connectivity index (χ1n) is 7.14. The lowest BCUT2D eigenvalue weighted by Gasteiger charge is -2.22. The van der Waals surface area contributed by atoms with Crippen molar-refractivity contribution in [3.05, 3.63) is 0 Å². The molecule has 19 heavy (non-hydrogen) atoms. The summed E-state index contributed by atoms with van der Waals surface area (Å²) in [5.74, 6) is 0.599. The summed E-state index contributed by atoms with van der Waals surface area (Å²) in [6.07, 6.45) is 4.30. The molecule has 0 heterocycles. The van der Waals surface area contributed by atoms with Crippen LogP contribution in [0.2, 0.25) is 0 Å². The van der Waals surface area contributed by atoms with E-state index in [0.717, 1.165) is 25.7 Å². The molecule has 3 N–H and O–H groups in total. The van der Waals surface area contributed by atoms with E-state index in [1.807, 2.05) is 6.92 Å². The van der Waals surface area contributed by atoms with Crippen molar-refractivity contribution in [2.24, 2.45) is 11.7 Å². The number of carbonyl (C=O) groups is 1. The molecule has 0 aliphatic heterocycles. The highest BCUT2D eigenvalue weighted by Gasteiger charge is 2.18. The zero-order valence-corrected chi connectivity index (χ0v) is 12.8. The number of nitrogens with two attached hydrogens (primary N) is 1. The average Bonchev–Trinajstić information content (AvgIpc) is 2.38. The van der Waals surface area contributed by atoms with Crippen LogP contribution in [0.4, 0.5) is 0 Å². The third kappa shape index (κ3) is 8.18. The van der Waals surface area contributed by atoms with Crippen molar-refractivity contribution in [1.29, 1.82) is 0 Å². The van der Waals surface area contributed by atoms with Crippen LogP contribution in [0.15, 0.2) is 0 Å². The second-order valence-electron chi connectivity index (χ2n) is 4.97. The van der Waals surface area contributed by atoms with E-state index in [4.69, 9.17) is 15.2 Å². The smallest absolute Gasteiger partial charge is 0.220 e. The number of carbonyl (C=O) groups excluding carboxylic acids is 1. The van der Waals surface area contributed by atoms with E-state index >= 15 is 0 Å². The van der Waals surface area contributed by atoms with Gasteiger partial charge in [0.2, 0.25) is 5.91 Å². The van der Waals surface area contributed by atoms with Gasteiger partial charge in [0.25, 0.3) is 0 Å². The Hall–Kier alpha value is -0.650. The molecule has 5 nitrogen and oxygen atoms in total. The topological polar surface area (TPSA) is 73.6 Å². The molecule has 0 aliphatic carbocycles. The lowest BCUT2D eigenvalue weighted by Crippen LogP contribution is -2.43. The molecular formula is C14H30N2O3. The van der Waals surface area contributed by atoms with Crippen LogP contribution in [0.5, 0.6) is 0 Å². The summed E-state index contributed by atoms with van der Waals surface area (Å²) in [7, 11) is 3.13. The minimum absolute atomic E-state index is 0.0460. The molecule has 0 aromatic rings. The summed E-state index contributed by atoms with van der Waals surface area (Å²) in [5, 5.41) is 2.90. The van der Waals surface area contributed by atoms with E-state index in [9.17, 15) is 4.79 Å². The number of hydrogen-bond acceptors (Lipinski definition) is 4. The second-order valence-corrected chi connectivity index (χ2v) is 4.97. The van der Waals surface area contributed by atoms with Gasteiger partial charge in [0.1, 0.15) is 0 Å². The van der Waals surface area contributed by atoms with Crippen LogP contribution < -0.4 is 11.1 Å². The summed E-state index contributed by atoms with van der Waals surface area (Å²) < 4.78 is 10.2. The maximum Gasteiger partial charge on any atom is 0.220 e. The van der Waals surface area contributed by atoms with Crippen molar-refractivity contribution in [3.8, 4) is 0 Å². The van der Waals surface area contributed by atoms with Crippen LogP contribution in [-0.2, 0) is 14.3 Å². The minimum Gasteiger partial charge on any atom is -0.354 e. The molecule has 0 spiro atoms. The van der Waals surface area contributed by atoms with E-state index < -0.39 is 6.29 Å². The SMILES string of the molecule is CCCC(CCN)CCC(=O)NC(C)C(OC)OC. The van der Waals surface area contributed by atoms with Gasteiger partial charge in [0, 0.05) is 20.6 Å². The highest BCUT2D eigenvalue weighted by atomic mass is 16.7. The van der Waals surface area contributed by atoms with Gasteiger partial charge in [0.05, 0.1) is 6.04 Å². The van der Waals surface area contributed by atoms with Gasteiger partial charge in [-0.2, -0.15) is 0 Å². The highest BCUT2D eigenvalue weighted by molar-refractivity contribution is 5.76. The van der Waals surface area contributed by atoms with Gasteiger partial charge in [-0.1, -0.05) is 19.8 Å². The Bertz CT molecular complexity index is 227. The van der Waals surface area contributed by atoms with E-state index in [0.29, 0.717) is 18.9 Å². The number of methoxy groups -OCH3 is 2. The molecule has 0 saturated heterocycles. The lowest BCUT2D eigenvalue weighted by atomic mass is 9.94. The third-order valence-corrected chi connectivity index (χ3v) is 3.31. The zero-order valence-electron chi connectivity index (χ0n) is 12.8. The normalized spacial score (nSPS) is 14.4. The minimum atomic E-state index is -0.403. The Morgan fingerprint density at radius 3 is 2.32 bits per heavy atom. The molecule has 0 bridgehead atoms. The molecule has 0 aromatic heterocycles. The number of ether oxygens (including phenoxy) is 2. The van der Waals surface area contributed by atoms with Gasteiger partial charge in [-0.05, 0) is 32.2 Å². The van der Waals surface area contributed by atoms with E-state index in [2.05, 4.69) is 12.2 Å². The van der Waals surface area contributed by atoms with Crippen LogP contribution >= 0.6 is 0 Å². The van der Waals surface area contributed by atoms with Gasteiger partial charge in [0.15, 0.2) is 6.29 Å². The molecule has 114 valence electrons. The Kier molecular flexibility index (Phi) is 10.8. The standard InChI is InChI=1S/C14H30N2O3/c1-5-6-12(9-10-15)7-8-13(17)16-11(2)14(18-3)19-4/h11-12,14H,5-10,15H2,1-4H3,(H,16,17). The van der Waals surface area contributed by atoms with Gasteiger partial charge >= 0.3 is 0 Å². The predicted octanol–water partition coefficient (Wildman–Crippen LogP) is 1.66. The van der Waals surface area contributed by atoms with E-state index in [1.165, 1.54) is 0 Å². The quantitative estimate of drug-likeness (QED) is 0.562. The fourth-order valence-corrected chi connectivity index (χ4v) is 2.31. The highest BCUT2D eigenvalue weighted by Crippen LogP contribution is 2.16. The first-order chi connectivity index (χ1) is 9.08. The molecular weight excluding hydrogens is 244 g/mol. The monoisotopic (exact) mass is 274 g/mol. The number of nitrogens with one attached hydrogen (secondary N) is 1. The Morgan fingerprint density at radius 1 is 1.21 bits per heavy atom. The maximum absolute atomic E-state index is 11.8. The summed E-state index contributed by atoms with van der Waals surface area (Å²) in [4.78, 5) is 11.8. The number of rotatable bonds is 11. The predicted molar refractivity (Wildman–Crippen MR) is 76.7 cm³/mol. The van der Waals surface area contributed by atoms with Crippen molar-refractivity contribution < 1.29 is 14.3 Å². The van der Waals surface area contributed by atoms with E-state index in [1.54, 1.807) is 14.2 Å². The molecule has 0 saturated carbocycles. The molecule has 0 aromatic carbocycles. The molecule has 0 rings (SSSR count). The van der Waals surface area contributed by atoms with Crippen molar-refractivity contribution >= 4 is 5.91 Å². The Balaban J connectivity index is 4.01. The molecule has 2 unspecified atom stereocenters. The molecule has 0 fully saturated rings. The molecule has 5 heteroatoms. The second kappa shape index (κ2) is 11.2. The van der Waals surface area contributed by atoms with Crippen LogP contribution in [0, 0.1) is 5.92 Å². The third-order valence-electron chi connectivity index (χ3n) is 3.31. The summed E-state index contributed by atoms with van der Waals surface area (Å²) in [5.41, 5.74) is 5.59. The molecule has 0 aliphatic rings. The van der Waals surface area contributed by atoms with Crippen molar-refractivity contribution in [2.75, 3.05) is 20.8 Å². The van der Waals surface area contributed by atoms with Crippen LogP contribution in [0.1, 0.15) is 46.0 Å². The Morgan fingerprint density at radius 2 is 1.84 bits per heavy atom. The van der Waals surface area contributed by atoms with Gasteiger partial charge in [-0.15, -0.1) is 0 Å². The van der Waals surface area contributed by atoms with Gasteiger partial charge in [-0.3, -0.25) is 4.79 Å². The maximum atomic E-state index is 11.8. The van der Waals surface area contributed by atoms with Crippen LogP contribution in [0.25, 0.3) is 0 Å². The Labute approximate surface area is 117 Å². The van der Waals surface area contributed by atoms with Crippen molar-refractivity contribution in [1.82, 2.24) is 5.32 Å². The fraction of sp³-hybridized carbons (Fsp3) is 0.929. The summed E-state index contributed by atoms with van der Waals surface area (Å²) >= 11 is 0. The number of hydrogen-bond donors (Lipinski definition) is 2. The van der Waals surface area contributed by atoms with Gasteiger partial charge < -0.3 is 20.5 Å². The molecule has 0 radical (unpaired) electrons. The van der Waals surface area contributed by atoms with Crippen molar-refractivity contribution in [2.45, 2.75) is 58.3 Å².